The Bertz CT molecular complexity index is 1280. The number of methoxy groups -OCH3 is 1. The molecule has 3 aliphatic heterocycles. The first-order valence-electron chi connectivity index (χ1n) is 19.0. The number of carbonyl (C=O) groups is 4. The third-order valence-electron chi connectivity index (χ3n) is 13.3. The van der Waals surface area contributed by atoms with Gasteiger partial charge in [-0.1, -0.05) is 38.5 Å². The zero-order valence-electron chi connectivity index (χ0n) is 28.6. The molecule has 3 heterocycles. The summed E-state index contributed by atoms with van der Waals surface area (Å²) < 4.78 is 17.3. The molecule has 1 spiro atoms. The first-order valence-corrected chi connectivity index (χ1v) is 19.0. The van der Waals surface area contributed by atoms with E-state index in [9.17, 15) is 19.5 Å². The molecule has 0 aromatic carbocycles. The molecule has 3 N–H and O–H groups in total. The van der Waals surface area contributed by atoms with Crippen molar-refractivity contribution in [2.24, 2.45) is 34.8 Å². The minimum Gasteiger partial charge on any atom is -0.459 e. The van der Waals surface area contributed by atoms with E-state index in [1.807, 2.05) is 0 Å². The van der Waals surface area contributed by atoms with Crippen LogP contribution in [0.15, 0.2) is 11.3 Å². The summed E-state index contributed by atoms with van der Waals surface area (Å²) in [7, 11) is 1.52. The fourth-order valence-electron chi connectivity index (χ4n) is 11.4. The van der Waals surface area contributed by atoms with Crippen LogP contribution in [-0.4, -0.2) is 89.4 Å². The van der Waals surface area contributed by atoms with Crippen LogP contribution in [0.2, 0.25) is 0 Å². The topological polar surface area (TPSA) is 149 Å². The minimum atomic E-state index is -1.48. The van der Waals surface area contributed by atoms with Gasteiger partial charge in [-0.25, -0.2) is 9.69 Å². The molecule has 7 aliphatic rings. The van der Waals surface area contributed by atoms with Crippen molar-refractivity contribution in [1.29, 1.82) is 0 Å². The van der Waals surface area contributed by atoms with E-state index < -0.39 is 53.4 Å². The Morgan fingerprint density at radius 3 is 2.15 bits per heavy atom. The molecule has 3 saturated carbocycles. The standard InChI is InChI=1S/C37H55N3O8/c1-46-20-21-47-36(45)39-27-15-9-8-14-26(27)37(35(39)44)28(33(38)42)30-34(43)48-31(23-12-6-3-7-13-23)29(22-10-4-2-5-11-22)40(30)32(37)24-16-18-25(41)19-17-24/h22-25,28-32,41H,2-21H2,1H3,(H2,38,42)/t24?,25?,28-,29-,30-,31+,32+,37-/m0/s1. The second kappa shape index (κ2) is 14.0. The highest BCUT2D eigenvalue weighted by Gasteiger charge is 2.76. The number of allylic oxidation sites excluding steroid dienone is 1. The van der Waals surface area contributed by atoms with Gasteiger partial charge in [0.2, 0.25) is 11.8 Å². The van der Waals surface area contributed by atoms with Crippen LogP contribution in [0.1, 0.15) is 116 Å². The fourth-order valence-corrected chi connectivity index (χ4v) is 11.4. The minimum absolute atomic E-state index is 0.00812. The number of carbonyl (C=O) groups excluding carboxylic acids is 4. The summed E-state index contributed by atoms with van der Waals surface area (Å²) in [5.74, 6) is -2.39. The van der Waals surface area contributed by atoms with Gasteiger partial charge in [0, 0.05) is 18.8 Å². The first kappa shape index (κ1) is 34.0. The van der Waals surface area contributed by atoms with Gasteiger partial charge in [-0.2, -0.15) is 0 Å². The normalized spacial score (nSPS) is 38.2. The number of hydrogen-bond acceptors (Lipinski definition) is 9. The van der Waals surface area contributed by atoms with Gasteiger partial charge in [0.15, 0.2) is 0 Å². The van der Waals surface area contributed by atoms with Crippen molar-refractivity contribution >= 4 is 23.9 Å². The number of amides is 3. The number of fused-ring (bicyclic) bond motifs is 2. The van der Waals surface area contributed by atoms with E-state index in [-0.39, 0.29) is 43.1 Å². The van der Waals surface area contributed by atoms with E-state index in [1.165, 1.54) is 24.9 Å². The molecule has 0 unspecified atom stereocenters. The predicted octanol–water partition coefficient (Wildman–Crippen LogP) is 4.59. The highest BCUT2D eigenvalue weighted by molar-refractivity contribution is 6.07. The van der Waals surface area contributed by atoms with Crippen molar-refractivity contribution in [3.63, 3.8) is 0 Å². The Morgan fingerprint density at radius 2 is 1.50 bits per heavy atom. The fraction of sp³-hybridized carbons (Fsp3) is 0.838. The zero-order valence-corrected chi connectivity index (χ0v) is 28.6. The molecule has 11 heteroatoms. The van der Waals surface area contributed by atoms with Crippen molar-refractivity contribution < 1.29 is 38.5 Å². The van der Waals surface area contributed by atoms with E-state index in [2.05, 4.69) is 4.90 Å². The molecule has 266 valence electrons. The molecule has 5 fully saturated rings. The van der Waals surface area contributed by atoms with Gasteiger partial charge in [-0.15, -0.1) is 0 Å². The summed E-state index contributed by atoms with van der Waals surface area (Å²) in [6, 6.07) is -1.67. The van der Waals surface area contributed by atoms with Crippen LogP contribution in [0, 0.1) is 29.1 Å². The number of morpholine rings is 1. The van der Waals surface area contributed by atoms with Gasteiger partial charge in [-0.05, 0) is 100 Å². The summed E-state index contributed by atoms with van der Waals surface area (Å²) in [6.45, 7) is 0.181. The smallest absolute Gasteiger partial charge is 0.421 e. The number of cyclic esters (lactones) is 1. The lowest BCUT2D eigenvalue weighted by Gasteiger charge is -2.53. The number of nitrogens with zero attached hydrogens (tertiary/aromatic N) is 2. The highest BCUT2D eigenvalue weighted by atomic mass is 16.6. The number of esters is 1. The second-order valence-corrected chi connectivity index (χ2v) is 15.7. The SMILES string of the molecule is COCCOC(=O)N1C(=O)[C@@]2(C3=C1CCCC3)[C@H](C(N)=O)[C@H]1C(=O)O[C@H](C3CCCCC3)[C@H](C3CCCCC3)N1[C@@H]2C1CCC(O)CC1. The third kappa shape index (κ3) is 5.50. The summed E-state index contributed by atoms with van der Waals surface area (Å²) in [4.78, 5) is 61.4. The number of hydrogen-bond donors (Lipinski definition) is 2. The third-order valence-corrected chi connectivity index (χ3v) is 13.3. The van der Waals surface area contributed by atoms with E-state index >= 15 is 4.79 Å². The van der Waals surface area contributed by atoms with E-state index in [0.717, 1.165) is 69.8 Å². The maximum Gasteiger partial charge on any atom is 0.421 e. The van der Waals surface area contributed by atoms with Gasteiger partial charge < -0.3 is 25.1 Å². The Morgan fingerprint density at radius 1 is 0.854 bits per heavy atom. The van der Waals surface area contributed by atoms with Crippen molar-refractivity contribution in [2.45, 2.75) is 146 Å². The van der Waals surface area contributed by atoms with Crippen LogP contribution in [0.25, 0.3) is 0 Å². The lowest BCUT2D eigenvalue weighted by atomic mass is 9.60. The number of nitrogens with two attached hydrogens (primary N) is 1. The molecule has 0 aromatic rings. The molecule has 3 amide bonds. The molecular weight excluding hydrogens is 614 g/mol. The molecular formula is C37H55N3O8. The molecule has 2 saturated heterocycles. The van der Waals surface area contributed by atoms with E-state index in [1.54, 1.807) is 0 Å². The van der Waals surface area contributed by atoms with Crippen LogP contribution in [0.3, 0.4) is 0 Å². The Kier molecular flexibility index (Phi) is 9.92. The number of imide groups is 1. The molecule has 4 aliphatic carbocycles. The summed E-state index contributed by atoms with van der Waals surface area (Å²) in [5, 5.41) is 10.6. The summed E-state index contributed by atoms with van der Waals surface area (Å²) >= 11 is 0. The number of aliphatic hydroxyl groups excluding tert-OH is 1. The number of ether oxygens (including phenoxy) is 3. The van der Waals surface area contributed by atoms with E-state index in [0.29, 0.717) is 44.2 Å². The monoisotopic (exact) mass is 669 g/mol. The van der Waals surface area contributed by atoms with Gasteiger partial charge in [0.05, 0.1) is 24.7 Å². The molecule has 0 radical (unpaired) electrons. The quantitative estimate of drug-likeness (QED) is 0.293. The molecule has 0 aromatic heterocycles. The predicted molar refractivity (Wildman–Crippen MR) is 175 cm³/mol. The molecule has 6 atom stereocenters. The Balaban J connectivity index is 1.42. The highest BCUT2D eigenvalue weighted by Crippen LogP contribution is 2.64. The molecule has 11 nitrogen and oxygen atoms in total. The molecule has 0 bridgehead atoms. The largest absolute Gasteiger partial charge is 0.459 e. The van der Waals surface area contributed by atoms with Crippen LogP contribution < -0.4 is 5.73 Å². The van der Waals surface area contributed by atoms with E-state index in [4.69, 9.17) is 19.9 Å². The lowest BCUT2D eigenvalue weighted by molar-refractivity contribution is -0.190. The maximum absolute atomic E-state index is 15.4. The average Bonchev–Trinajstić information content (AvgIpc) is 3.56. The first-order chi connectivity index (χ1) is 23.3. The molecule has 7 rings (SSSR count). The van der Waals surface area contributed by atoms with Crippen molar-refractivity contribution in [3.8, 4) is 0 Å². The maximum atomic E-state index is 15.4. The van der Waals surface area contributed by atoms with Crippen LogP contribution in [0.4, 0.5) is 4.79 Å². The van der Waals surface area contributed by atoms with Gasteiger partial charge in [0.25, 0.3) is 0 Å². The van der Waals surface area contributed by atoms with Gasteiger partial charge >= 0.3 is 12.1 Å². The average molecular weight is 670 g/mol. The van der Waals surface area contributed by atoms with Crippen molar-refractivity contribution in [1.82, 2.24) is 9.80 Å². The number of primary amides is 1. The van der Waals surface area contributed by atoms with Crippen LogP contribution in [-0.2, 0) is 28.6 Å². The second-order valence-electron chi connectivity index (χ2n) is 15.7. The van der Waals surface area contributed by atoms with Crippen LogP contribution >= 0.6 is 0 Å². The number of aliphatic hydroxyl groups is 1. The van der Waals surface area contributed by atoms with Crippen molar-refractivity contribution in [2.75, 3.05) is 20.3 Å². The zero-order chi connectivity index (χ0) is 33.6. The van der Waals surface area contributed by atoms with Gasteiger partial charge in [0.1, 0.15) is 24.2 Å². The Hall–Kier alpha value is -2.50. The number of rotatable bonds is 7. The van der Waals surface area contributed by atoms with Crippen molar-refractivity contribution in [3.05, 3.63) is 11.3 Å². The van der Waals surface area contributed by atoms with Gasteiger partial charge in [-0.3, -0.25) is 19.3 Å². The molecule has 48 heavy (non-hydrogen) atoms. The lowest BCUT2D eigenvalue weighted by Crippen LogP contribution is -2.66. The Labute approximate surface area is 284 Å². The summed E-state index contributed by atoms with van der Waals surface area (Å²) in [5.41, 5.74) is 6.33. The summed E-state index contributed by atoms with van der Waals surface area (Å²) in [6.07, 6.45) is 14.5. The van der Waals surface area contributed by atoms with Crippen LogP contribution in [0.5, 0.6) is 0 Å².